The molecule has 3 rings (SSSR count). The number of nitro groups is 1. The Morgan fingerprint density at radius 1 is 1.12 bits per heavy atom. The summed E-state index contributed by atoms with van der Waals surface area (Å²) >= 11 is 6.02. The maximum Gasteiger partial charge on any atom is 0.353 e. The van der Waals surface area contributed by atoms with Crippen LogP contribution in [-0.2, 0) is 0 Å². The minimum atomic E-state index is -0.481. The number of halogens is 1. The first kappa shape index (κ1) is 17.3. The van der Waals surface area contributed by atoms with E-state index >= 15 is 0 Å². The smallest absolute Gasteiger partial charge is 0.353 e. The second kappa shape index (κ2) is 8.06. The van der Waals surface area contributed by atoms with E-state index in [1.54, 1.807) is 18.3 Å². The SMILES string of the molecule is O=[N+]([O-])c1c(Nc2cccnc2Cl)ncnc1NC1CCCCCC1. The van der Waals surface area contributed by atoms with Crippen LogP contribution < -0.4 is 10.6 Å². The molecule has 9 heteroatoms. The lowest BCUT2D eigenvalue weighted by Crippen LogP contribution is -2.20. The third-order valence-electron chi connectivity index (χ3n) is 4.21. The second-order valence-corrected chi connectivity index (χ2v) is 6.33. The highest BCUT2D eigenvalue weighted by Gasteiger charge is 2.25. The van der Waals surface area contributed by atoms with E-state index in [1.165, 1.54) is 19.2 Å². The Kier molecular flexibility index (Phi) is 5.60. The standard InChI is InChI=1S/C16H19ClN6O2/c17-14-12(8-5-9-18-14)22-16-13(23(24)25)15(19-10-20-16)21-11-6-3-1-2-4-7-11/h5,8-11H,1-4,6-7H2,(H2,19,20,21,22). The van der Waals surface area contributed by atoms with Crippen molar-refractivity contribution in [1.29, 1.82) is 0 Å². The van der Waals surface area contributed by atoms with Crippen LogP contribution in [0, 0.1) is 10.1 Å². The Hall–Kier alpha value is -2.48. The summed E-state index contributed by atoms with van der Waals surface area (Å²) in [6.07, 6.45) is 9.46. The maximum absolute atomic E-state index is 11.6. The average Bonchev–Trinajstić information content (AvgIpc) is 2.85. The minimum absolute atomic E-state index is 0.0889. The Morgan fingerprint density at radius 2 is 1.84 bits per heavy atom. The summed E-state index contributed by atoms with van der Waals surface area (Å²) in [7, 11) is 0. The molecule has 1 aliphatic carbocycles. The molecule has 0 radical (unpaired) electrons. The number of rotatable bonds is 5. The number of hydrogen-bond acceptors (Lipinski definition) is 7. The van der Waals surface area contributed by atoms with Gasteiger partial charge in [0.15, 0.2) is 5.15 Å². The highest BCUT2D eigenvalue weighted by atomic mass is 35.5. The van der Waals surface area contributed by atoms with E-state index in [0.29, 0.717) is 5.69 Å². The predicted molar refractivity (Wildman–Crippen MR) is 96.3 cm³/mol. The van der Waals surface area contributed by atoms with Gasteiger partial charge in [-0.1, -0.05) is 37.3 Å². The Labute approximate surface area is 150 Å². The van der Waals surface area contributed by atoms with Crippen LogP contribution in [0.4, 0.5) is 23.0 Å². The molecular formula is C16H19ClN6O2. The molecular weight excluding hydrogens is 344 g/mol. The highest BCUT2D eigenvalue weighted by Crippen LogP contribution is 2.34. The topological polar surface area (TPSA) is 106 Å². The first-order chi connectivity index (χ1) is 12.1. The van der Waals surface area contributed by atoms with E-state index in [9.17, 15) is 10.1 Å². The van der Waals surface area contributed by atoms with Gasteiger partial charge in [0.25, 0.3) is 0 Å². The van der Waals surface area contributed by atoms with Gasteiger partial charge in [-0.05, 0) is 25.0 Å². The molecule has 1 aliphatic rings. The van der Waals surface area contributed by atoms with Crippen LogP contribution in [-0.4, -0.2) is 25.9 Å². The van der Waals surface area contributed by atoms with Gasteiger partial charge in [-0.2, -0.15) is 0 Å². The minimum Gasteiger partial charge on any atom is -0.361 e. The van der Waals surface area contributed by atoms with Crippen LogP contribution in [0.5, 0.6) is 0 Å². The van der Waals surface area contributed by atoms with Gasteiger partial charge >= 0.3 is 5.69 Å². The number of hydrogen-bond donors (Lipinski definition) is 2. The number of nitrogens with zero attached hydrogens (tertiary/aromatic N) is 4. The largest absolute Gasteiger partial charge is 0.361 e. The summed E-state index contributed by atoms with van der Waals surface area (Å²) in [6, 6.07) is 3.55. The zero-order valence-corrected chi connectivity index (χ0v) is 14.4. The Bertz CT molecular complexity index is 749. The first-order valence-corrected chi connectivity index (χ1v) is 8.66. The van der Waals surface area contributed by atoms with Crippen molar-refractivity contribution in [2.24, 2.45) is 0 Å². The number of aromatic nitrogens is 3. The maximum atomic E-state index is 11.6. The Balaban J connectivity index is 1.88. The van der Waals surface area contributed by atoms with Gasteiger partial charge in [0, 0.05) is 12.2 Å². The molecule has 0 spiro atoms. The summed E-state index contributed by atoms with van der Waals surface area (Å²) in [4.78, 5) is 23.2. The van der Waals surface area contributed by atoms with Gasteiger partial charge < -0.3 is 10.6 Å². The van der Waals surface area contributed by atoms with Gasteiger partial charge in [-0.3, -0.25) is 10.1 Å². The van der Waals surface area contributed by atoms with Gasteiger partial charge in [-0.25, -0.2) is 15.0 Å². The molecule has 25 heavy (non-hydrogen) atoms. The normalized spacial score (nSPS) is 15.4. The summed E-state index contributed by atoms with van der Waals surface area (Å²) in [5, 5.41) is 18.0. The molecule has 2 N–H and O–H groups in total. The summed E-state index contributed by atoms with van der Waals surface area (Å²) < 4.78 is 0. The van der Waals surface area contributed by atoms with Crippen LogP contribution in [0.2, 0.25) is 5.15 Å². The van der Waals surface area contributed by atoms with Crippen LogP contribution in [0.1, 0.15) is 38.5 Å². The lowest BCUT2D eigenvalue weighted by Gasteiger charge is -2.17. The highest BCUT2D eigenvalue weighted by molar-refractivity contribution is 6.32. The van der Waals surface area contributed by atoms with Crippen LogP contribution >= 0.6 is 11.6 Å². The predicted octanol–water partition coefficient (Wildman–Crippen LogP) is 4.31. The lowest BCUT2D eigenvalue weighted by atomic mass is 10.1. The van der Waals surface area contributed by atoms with Gasteiger partial charge in [0.2, 0.25) is 11.6 Å². The van der Waals surface area contributed by atoms with E-state index in [-0.39, 0.29) is 28.5 Å². The Morgan fingerprint density at radius 3 is 2.52 bits per heavy atom. The molecule has 2 aromatic heterocycles. The molecule has 0 aliphatic heterocycles. The molecule has 132 valence electrons. The van der Waals surface area contributed by atoms with Crippen molar-refractivity contribution in [3.63, 3.8) is 0 Å². The van der Waals surface area contributed by atoms with Crippen molar-refractivity contribution in [3.8, 4) is 0 Å². The van der Waals surface area contributed by atoms with Crippen LogP contribution in [0.3, 0.4) is 0 Å². The number of anilines is 3. The molecule has 0 amide bonds. The fraction of sp³-hybridized carbons (Fsp3) is 0.438. The summed E-state index contributed by atoms with van der Waals surface area (Å²) in [5.74, 6) is 0.320. The van der Waals surface area contributed by atoms with Crippen LogP contribution in [0.15, 0.2) is 24.7 Å². The molecule has 2 heterocycles. The molecule has 8 nitrogen and oxygen atoms in total. The molecule has 0 atom stereocenters. The first-order valence-electron chi connectivity index (χ1n) is 8.28. The molecule has 0 saturated heterocycles. The summed E-state index contributed by atoms with van der Waals surface area (Å²) in [5.41, 5.74) is 0.262. The van der Waals surface area contributed by atoms with Gasteiger partial charge in [0.05, 0.1) is 10.6 Å². The number of pyridine rings is 1. The van der Waals surface area contributed by atoms with E-state index in [2.05, 4.69) is 25.6 Å². The zero-order chi connectivity index (χ0) is 17.6. The van der Waals surface area contributed by atoms with E-state index in [0.717, 1.165) is 25.7 Å². The quantitative estimate of drug-likeness (QED) is 0.353. The molecule has 2 aromatic rings. The van der Waals surface area contributed by atoms with Crippen molar-refractivity contribution in [1.82, 2.24) is 15.0 Å². The zero-order valence-electron chi connectivity index (χ0n) is 13.6. The van der Waals surface area contributed by atoms with Gasteiger partial charge in [-0.15, -0.1) is 0 Å². The molecule has 0 bridgehead atoms. The van der Waals surface area contributed by atoms with Crippen LogP contribution in [0.25, 0.3) is 0 Å². The van der Waals surface area contributed by atoms with E-state index in [1.807, 2.05) is 0 Å². The molecule has 0 aromatic carbocycles. The fourth-order valence-corrected chi connectivity index (χ4v) is 3.14. The lowest BCUT2D eigenvalue weighted by molar-refractivity contribution is -0.383. The van der Waals surface area contributed by atoms with Crippen molar-refractivity contribution in [2.45, 2.75) is 44.6 Å². The van der Waals surface area contributed by atoms with Crippen molar-refractivity contribution >= 4 is 34.6 Å². The molecule has 1 saturated carbocycles. The third-order valence-corrected chi connectivity index (χ3v) is 4.51. The van der Waals surface area contributed by atoms with Crippen molar-refractivity contribution in [2.75, 3.05) is 10.6 Å². The molecule has 1 fully saturated rings. The number of nitrogens with one attached hydrogen (secondary N) is 2. The van der Waals surface area contributed by atoms with Gasteiger partial charge in [0.1, 0.15) is 6.33 Å². The fourth-order valence-electron chi connectivity index (χ4n) is 2.97. The van der Waals surface area contributed by atoms with E-state index in [4.69, 9.17) is 11.6 Å². The van der Waals surface area contributed by atoms with Crippen molar-refractivity contribution < 1.29 is 4.92 Å². The third kappa shape index (κ3) is 4.33. The van der Waals surface area contributed by atoms with E-state index < -0.39 is 4.92 Å². The summed E-state index contributed by atoms with van der Waals surface area (Å²) in [6.45, 7) is 0. The van der Waals surface area contributed by atoms with Crippen molar-refractivity contribution in [3.05, 3.63) is 39.9 Å². The second-order valence-electron chi connectivity index (χ2n) is 5.98. The average molecular weight is 363 g/mol. The molecule has 0 unspecified atom stereocenters. The monoisotopic (exact) mass is 362 g/mol.